The van der Waals surface area contributed by atoms with Gasteiger partial charge in [0.2, 0.25) is 11.8 Å². The van der Waals surface area contributed by atoms with Gasteiger partial charge < -0.3 is 15.4 Å². The summed E-state index contributed by atoms with van der Waals surface area (Å²) in [6.45, 7) is 2.40. The van der Waals surface area contributed by atoms with Gasteiger partial charge in [0.1, 0.15) is 5.75 Å². The van der Waals surface area contributed by atoms with E-state index in [0.29, 0.717) is 22.9 Å². The third-order valence-corrected chi connectivity index (χ3v) is 5.22. The Hall–Kier alpha value is -2.68. The Morgan fingerprint density at radius 1 is 1.21 bits per heavy atom. The van der Waals surface area contributed by atoms with Crippen LogP contribution in [0.25, 0.3) is 0 Å². The number of thioether (sulfide) groups is 1. The number of carbonyl (C=O) groups excluding carboxylic acids is 2. The Morgan fingerprint density at radius 3 is 2.57 bits per heavy atom. The van der Waals surface area contributed by atoms with Crippen molar-refractivity contribution < 1.29 is 27.5 Å². The zero-order valence-corrected chi connectivity index (χ0v) is 15.6. The smallest absolute Gasteiger partial charge is 0.416 e. The minimum absolute atomic E-state index is 0.105. The predicted molar refractivity (Wildman–Crippen MR) is 101 cm³/mol. The quantitative estimate of drug-likeness (QED) is 0.759. The molecule has 1 unspecified atom stereocenters. The lowest BCUT2D eigenvalue weighted by Crippen LogP contribution is -2.32. The molecule has 0 spiro atoms. The van der Waals surface area contributed by atoms with Gasteiger partial charge in [-0.15, -0.1) is 11.8 Å². The highest BCUT2D eigenvalue weighted by molar-refractivity contribution is 8.01. The van der Waals surface area contributed by atoms with Gasteiger partial charge in [0.25, 0.3) is 0 Å². The molecule has 1 atom stereocenters. The lowest BCUT2D eigenvalue weighted by Gasteiger charge is -2.24. The largest absolute Gasteiger partial charge is 0.494 e. The van der Waals surface area contributed by atoms with Crippen LogP contribution >= 0.6 is 11.8 Å². The van der Waals surface area contributed by atoms with Crippen molar-refractivity contribution in [3.05, 3.63) is 48.0 Å². The van der Waals surface area contributed by atoms with Crippen LogP contribution in [-0.4, -0.2) is 23.7 Å². The molecule has 5 nitrogen and oxygen atoms in total. The molecule has 0 saturated carbocycles. The molecule has 1 aliphatic rings. The number of nitrogens with one attached hydrogen (secondary N) is 2. The molecule has 0 aliphatic carbocycles. The molecule has 3 rings (SSSR count). The Labute approximate surface area is 163 Å². The summed E-state index contributed by atoms with van der Waals surface area (Å²) in [4.78, 5) is 25.0. The highest BCUT2D eigenvalue weighted by Crippen LogP contribution is 2.40. The van der Waals surface area contributed by atoms with Gasteiger partial charge in [0.05, 0.1) is 23.1 Å². The van der Waals surface area contributed by atoms with E-state index in [1.54, 1.807) is 24.3 Å². The normalized spacial score (nSPS) is 16.1. The number of carbonyl (C=O) groups is 2. The number of alkyl halides is 3. The Bertz CT molecular complexity index is 885. The molecule has 1 heterocycles. The van der Waals surface area contributed by atoms with Gasteiger partial charge in [-0.3, -0.25) is 9.59 Å². The van der Waals surface area contributed by atoms with Crippen LogP contribution in [0.2, 0.25) is 0 Å². The van der Waals surface area contributed by atoms with Gasteiger partial charge in [0, 0.05) is 17.0 Å². The molecule has 2 N–H and O–H groups in total. The zero-order valence-electron chi connectivity index (χ0n) is 14.8. The molecule has 9 heteroatoms. The Kier molecular flexibility index (Phi) is 5.83. The molecule has 0 fully saturated rings. The molecule has 2 aromatic rings. The number of anilines is 2. The summed E-state index contributed by atoms with van der Waals surface area (Å²) in [6, 6.07) is 9.97. The average Bonchev–Trinajstić information content (AvgIpc) is 2.63. The summed E-state index contributed by atoms with van der Waals surface area (Å²) >= 11 is 1.07. The molecule has 1 aliphatic heterocycles. The van der Waals surface area contributed by atoms with E-state index in [9.17, 15) is 22.8 Å². The first-order chi connectivity index (χ1) is 13.3. The van der Waals surface area contributed by atoms with E-state index in [-0.39, 0.29) is 18.0 Å². The van der Waals surface area contributed by atoms with Crippen molar-refractivity contribution >= 4 is 35.0 Å². The SMILES string of the molecule is CCOc1ccc(NC(=O)CC2Sc3ccc(C(F)(F)F)cc3NC2=O)cc1. The second-order valence-electron chi connectivity index (χ2n) is 6.01. The summed E-state index contributed by atoms with van der Waals surface area (Å²) in [7, 11) is 0. The summed E-state index contributed by atoms with van der Waals surface area (Å²) in [5, 5.41) is 4.42. The van der Waals surface area contributed by atoms with Gasteiger partial charge in [-0.1, -0.05) is 0 Å². The lowest BCUT2D eigenvalue weighted by molar-refractivity contribution is -0.137. The van der Waals surface area contributed by atoms with Crippen LogP contribution in [0.5, 0.6) is 5.75 Å². The fraction of sp³-hybridized carbons (Fsp3) is 0.263. The second kappa shape index (κ2) is 8.14. The highest BCUT2D eigenvalue weighted by Gasteiger charge is 2.34. The van der Waals surface area contributed by atoms with Crippen molar-refractivity contribution in [1.29, 1.82) is 0 Å². The van der Waals surface area contributed by atoms with Crippen molar-refractivity contribution in [1.82, 2.24) is 0 Å². The Balaban J connectivity index is 1.63. The fourth-order valence-corrected chi connectivity index (χ4v) is 3.73. The third kappa shape index (κ3) is 4.78. The summed E-state index contributed by atoms with van der Waals surface area (Å²) in [5.41, 5.74) is -0.170. The number of halogens is 3. The van der Waals surface area contributed by atoms with E-state index < -0.39 is 22.9 Å². The number of ether oxygens (including phenoxy) is 1. The van der Waals surface area contributed by atoms with E-state index >= 15 is 0 Å². The predicted octanol–water partition coefficient (Wildman–Crippen LogP) is 4.55. The number of rotatable bonds is 5. The molecule has 0 saturated heterocycles. The third-order valence-electron chi connectivity index (χ3n) is 3.95. The van der Waals surface area contributed by atoms with Gasteiger partial charge in [0.15, 0.2) is 0 Å². The van der Waals surface area contributed by atoms with E-state index in [2.05, 4.69) is 10.6 Å². The molecule has 148 valence electrons. The van der Waals surface area contributed by atoms with Gasteiger partial charge in [-0.2, -0.15) is 13.2 Å². The summed E-state index contributed by atoms with van der Waals surface area (Å²) < 4.78 is 43.7. The molecular formula is C19H17F3N2O3S. The number of fused-ring (bicyclic) bond motifs is 1. The molecule has 0 radical (unpaired) electrons. The first-order valence-electron chi connectivity index (χ1n) is 8.47. The molecule has 0 aromatic heterocycles. The average molecular weight is 410 g/mol. The number of benzene rings is 2. The minimum Gasteiger partial charge on any atom is -0.494 e. The molecule has 28 heavy (non-hydrogen) atoms. The van der Waals surface area contributed by atoms with E-state index in [1.807, 2.05) is 6.92 Å². The highest BCUT2D eigenvalue weighted by atomic mass is 32.2. The Morgan fingerprint density at radius 2 is 1.93 bits per heavy atom. The van der Waals surface area contributed by atoms with Gasteiger partial charge in [-0.05, 0) is 49.4 Å². The number of hydrogen-bond donors (Lipinski definition) is 2. The maximum Gasteiger partial charge on any atom is 0.416 e. The van der Waals surface area contributed by atoms with Crippen LogP contribution in [0, 0.1) is 0 Å². The summed E-state index contributed by atoms with van der Waals surface area (Å²) in [5.74, 6) is -0.191. The van der Waals surface area contributed by atoms with Gasteiger partial charge in [-0.25, -0.2) is 0 Å². The maximum atomic E-state index is 12.8. The fourth-order valence-electron chi connectivity index (χ4n) is 2.64. The first-order valence-corrected chi connectivity index (χ1v) is 9.35. The lowest BCUT2D eigenvalue weighted by atomic mass is 10.1. The molecule has 2 amide bonds. The van der Waals surface area contributed by atoms with Crippen molar-refractivity contribution in [3.63, 3.8) is 0 Å². The van der Waals surface area contributed by atoms with Crippen molar-refractivity contribution in [2.75, 3.05) is 17.2 Å². The van der Waals surface area contributed by atoms with Crippen molar-refractivity contribution in [2.24, 2.45) is 0 Å². The number of amides is 2. The van der Waals surface area contributed by atoms with Crippen LogP contribution in [0.4, 0.5) is 24.5 Å². The molecule has 2 aromatic carbocycles. The number of hydrogen-bond acceptors (Lipinski definition) is 4. The van der Waals surface area contributed by atoms with Crippen molar-refractivity contribution in [2.45, 2.75) is 29.7 Å². The van der Waals surface area contributed by atoms with Crippen LogP contribution in [-0.2, 0) is 15.8 Å². The van der Waals surface area contributed by atoms with E-state index in [0.717, 1.165) is 23.9 Å². The van der Waals surface area contributed by atoms with Crippen LogP contribution < -0.4 is 15.4 Å². The zero-order chi connectivity index (χ0) is 20.3. The molecule has 0 bridgehead atoms. The van der Waals surface area contributed by atoms with Crippen LogP contribution in [0.1, 0.15) is 18.9 Å². The first kappa shape index (κ1) is 20.1. The maximum absolute atomic E-state index is 12.8. The van der Waals surface area contributed by atoms with Gasteiger partial charge >= 0.3 is 6.18 Å². The topological polar surface area (TPSA) is 67.4 Å². The second-order valence-corrected chi connectivity index (χ2v) is 7.26. The van der Waals surface area contributed by atoms with E-state index in [1.165, 1.54) is 6.07 Å². The summed E-state index contributed by atoms with van der Waals surface area (Å²) in [6.07, 6.45) is -4.59. The van der Waals surface area contributed by atoms with Crippen molar-refractivity contribution in [3.8, 4) is 5.75 Å². The minimum atomic E-state index is -4.49. The monoisotopic (exact) mass is 410 g/mol. The van der Waals surface area contributed by atoms with Crippen LogP contribution in [0.3, 0.4) is 0 Å². The van der Waals surface area contributed by atoms with Crippen LogP contribution in [0.15, 0.2) is 47.4 Å². The van der Waals surface area contributed by atoms with E-state index in [4.69, 9.17) is 4.74 Å². The standard InChI is InChI=1S/C19H17F3N2O3S/c1-2-27-13-6-4-12(5-7-13)23-17(25)10-16-18(26)24-14-9-11(19(20,21)22)3-8-15(14)28-16/h3-9,16H,2,10H2,1H3,(H,23,25)(H,24,26). The molecular weight excluding hydrogens is 393 g/mol.